The molecule has 0 unspecified atom stereocenters. The SMILES string of the molecule is CNC(=O)C(=O)NCC1(c2ccc(F)cc2)CC1. The van der Waals surface area contributed by atoms with Crippen LogP contribution in [0.1, 0.15) is 18.4 Å². The third kappa shape index (κ3) is 2.50. The fourth-order valence-electron chi connectivity index (χ4n) is 1.97. The number of halogens is 1. The van der Waals surface area contributed by atoms with Crippen molar-refractivity contribution in [1.82, 2.24) is 10.6 Å². The van der Waals surface area contributed by atoms with Gasteiger partial charge in [-0.05, 0) is 30.5 Å². The molecule has 0 bridgehead atoms. The molecule has 0 radical (unpaired) electrons. The van der Waals surface area contributed by atoms with Gasteiger partial charge in [-0.1, -0.05) is 12.1 Å². The lowest BCUT2D eigenvalue weighted by Crippen LogP contribution is -2.41. The minimum absolute atomic E-state index is 0.128. The molecule has 18 heavy (non-hydrogen) atoms. The summed E-state index contributed by atoms with van der Waals surface area (Å²) in [5.41, 5.74) is 0.873. The molecule has 1 saturated carbocycles. The summed E-state index contributed by atoms with van der Waals surface area (Å²) in [4.78, 5) is 22.4. The average Bonchev–Trinajstić information content (AvgIpc) is 3.17. The van der Waals surface area contributed by atoms with Crippen molar-refractivity contribution in [2.24, 2.45) is 0 Å². The number of carbonyl (C=O) groups is 2. The first-order valence-corrected chi connectivity index (χ1v) is 5.83. The fraction of sp³-hybridized carbons (Fsp3) is 0.385. The van der Waals surface area contributed by atoms with Crippen LogP contribution in [0.25, 0.3) is 0 Å². The zero-order valence-electron chi connectivity index (χ0n) is 10.1. The Morgan fingerprint density at radius 3 is 2.33 bits per heavy atom. The van der Waals surface area contributed by atoms with Crippen LogP contribution in [0.3, 0.4) is 0 Å². The van der Waals surface area contributed by atoms with E-state index in [1.807, 2.05) is 0 Å². The van der Waals surface area contributed by atoms with Crippen LogP contribution in [-0.4, -0.2) is 25.4 Å². The first-order chi connectivity index (χ1) is 8.57. The topological polar surface area (TPSA) is 58.2 Å². The Morgan fingerprint density at radius 2 is 1.83 bits per heavy atom. The van der Waals surface area contributed by atoms with Gasteiger partial charge in [-0.25, -0.2) is 4.39 Å². The van der Waals surface area contributed by atoms with Gasteiger partial charge in [-0.2, -0.15) is 0 Å². The second-order valence-corrected chi connectivity index (χ2v) is 4.55. The van der Waals surface area contributed by atoms with Crippen LogP contribution in [0.5, 0.6) is 0 Å². The Kier molecular flexibility index (Phi) is 3.32. The summed E-state index contributed by atoms with van der Waals surface area (Å²) in [6.07, 6.45) is 1.87. The lowest BCUT2D eigenvalue weighted by Gasteiger charge is -2.16. The molecule has 1 aliphatic rings. The van der Waals surface area contributed by atoms with Gasteiger partial charge in [-0.15, -0.1) is 0 Å². The third-order valence-electron chi connectivity index (χ3n) is 3.33. The largest absolute Gasteiger partial charge is 0.351 e. The lowest BCUT2D eigenvalue weighted by molar-refractivity contribution is -0.138. The lowest BCUT2D eigenvalue weighted by atomic mass is 9.96. The maximum Gasteiger partial charge on any atom is 0.309 e. The molecule has 96 valence electrons. The van der Waals surface area contributed by atoms with Crippen molar-refractivity contribution in [1.29, 1.82) is 0 Å². The molecular formula is C13H15FN2O2. The molecule has 1 fully saturated rings. The molecule has 0 aromatic heterocycles. The summed E-state index contributed by atoms with van der Waals surface area (Å²) < 4.78 is 12.8. The number of hydrogen-bond acceptors (Lipinski definition) is 2. The Bertz CT molecular complexity index is 466. The van der Waals surface area contributed by atoms with E-state index in [1.54, 1.807) is 12.1 Å². The maximum atomic E-state index is 12.8. The van der Waals surface area contributed by atoms with Crippen LogP contribution in [0, 0.1) is 5.82 Å². The number of carbonyl (C=O) groups excluding carboxylic acids is 2. The number of rotatable bonds is 3. The zero-order chi connectivity index (χ0) is 13.2. The van der Waals surface area contributed by atoms with Gasteiger partial charge in [0.15, 0.2) is 0 Å². The van der Waals surface area contributed by atoms with Gasteiger partial charge in [0.2, 0.25) is 0 Å². The predicted octanol–water partition coefficient (Wildman–Crippen LogP) is 0.719. The normalized spacial score (nSPS) is 15.9. The highest BCUT2D eigenvalue weighted by atomic mass is 19.1. The second kappa shape index (κ2) is 4.76. The molecule has 4 nitrogen and oxygen atoms in total. The highest BCUT2D eigenvalue weighted by Gasteiger charge is 2.44. The van der Waals surface area contributed by atoms with Crippen molar-refractivity contribution >= 4 is 11.8 Å². The fourth-order valence-corrected chi connectivity index (χ4v) is 1.97. The van der Waals surface area contributed by atoms with Gasteiger partial charge >= 0.3 is 11.8 Å². The summed E-state index contributed by atoms with van der Waals surface area (Å²) in [5, 5.41) is 4.87. The zero-order valence-corrected chi connectivity index (χ0v) is 10.1. The highest BCUT2D eigenvalue weighted by molar-refractivity contribution is 6.35. The summed E-state index contributed by atoms with van der Waals surface area (Å²) >= 11 is 0. The second-order valence-electron chi connectivity index (χ2n) is 4.55. The summed E-state index contributed by atoms with van der Waals surface area (Å²) in [6.45, 7) is 0.408. The van der Waals surface area contributed by atoms with Gasteiger partial charge < -0.3 is 10.6 Å². The monoisotopic (exact) mass is 250 g/mol. The van der Waals surface area contributed by atoms with E-state index in [4.69, 9.17) is 0 Å². The Hall–Kier alpha value is -1.91. The molecule has 2 N–H and O–H groups in total. The third-order valence-corrected chi connectivity index (χ3v) is 3.33. The van der Waals surface area contributed by atoms with Crippen LogP contribution < -0.4 is 10.6 Å². The smallest absolute Gasteiger partial charge is 0.309 e. The summed E-state index contributed by atoms with van der Waals surface area (Å²) in [5.74, 6) is -1.56. The number of benzene rings is 1. The van der Waals surface area contributed by atoms with E-state index >= 15 is 0 Å². The van der Waals surface area contributed by atoms with Gasteiger partial charge in [0.25, 0.3) is 0 Å². The minimum Gasteiger partial charge on any atom is -0.351 e. The van der Waals surface area contributed by atoms with Crippen molar-refractivity contribution < 1.29 is 14.0 Å². The Morgan fingerprint density at radius 1 is 1.22 bits per heavy atom. The predicted molar refractivity (Wildman–Crippen MR) is 64.4 cm³/mol. The summed E-state index contributed by atoms with van der Waals surface area (Å²) in [7, 11) is 1.41. The van der Waals surface area contributed by atoms with Crippen LogP contribution in [-0.2, 0) is 15.0 Å². The van der Waals surface area contributed by atoms with Gasteiger partial charge in [0.1, 0.15) is 5.82 Å². The average molecular weight is 250 g/mol. The number of amides is 2. The molecule has 1 aromatic carbocycles. The Balaban J connectivity index is 1.99. The first kappa shape index (κ1) is 12.5. The first-order valence-electron chi connectivity index (χ1n) is 5.83. The molecule has 2 rings (SSSR count). The van der Waals surface area contributed by atoms with E-state index in [-0.39, 0.29) is 11.2 Å². The van der Waals surface area contributed by atoms with Crippen LogP contribution in [0.2, 0.25) is 0 Å². The van der Waals surface area contributed by atoms with E-state index < -0.39 is 11.8 Å². The minimum atomic E-state index is -0.648. The standard InChI is InChI=1S/C13H15FN2O2/c1-15-11(17)12(18)16-8-13(6-7-13)9-2-4-10(14)5-3-9/h2-5H,6-8H2,1H3,(H,15,17)(H,16,18). The number of nitrogens with one attached hydrogen (secondary N) is 2. The van der Waals surface area contributed by atoms with E-state index in [1.165, 1.54) is 19.2 Å². The molecule has 0 spiro atoms. The van der Waals surface area contributed by atoms with Crippen LogP contribution in [0.4, 0.5) is 4.39 Å². The molecule has 0 atom stereocenters. The molecule has 2 amide bonds. The molecule has 1 aliphatic carbocycles. The van der Waals surface area contributed by atoms with Gasteiger partial charge in [-0.3, -0.25) is 9.59 Å². The molecule has 0 saturated heterocycles. The van der Waals surface area contributed by atoms with Crippen molar-refractivity contribution in [3.63, 3.8) is 0 Å². The van der Waals surface area contributed by atoms with Crippen LogP contribution >= 0.6 is 0 Å². The quantitative estimate of drug-likeness (QED) is 0.777. The van der Waals surface area contributed by atoms with E-state index in [0.29, 0.717) is 6.54 Å². The van der Waals surface area contributed by atoms with E-state index in [0.717, 1.165) is 18.4 Å². The van der Waals surface area contributed by atoms with Gasteiger partial charge in [0, 0.05) is 19.0 Å². The molecular weight excluding hydrogens is 235 g/mol. The van der Waals surface area contributed by atoms with E-state index in [9.17, 15) is 14.0 Å². The van der Waals surface area contributed by atoms with Crippen molar-refractivity contribution in [2.45, 2.75) is 18.3 Å². The highest BCUT2D eigenvalue weighted by Crippen LogP contribution is 2.47. The van der Waals surface area contributed by atoms with Crippen molar-refractivity contribution in [3.05, 3.63) is 35.6 Å². The molecule has 0 heterocycles. The summed E-state index contributed by atoms with van der Waals surface area (Å²) in [6, 6.07) is 6.29. The molecule has 0 aliphatic heterocycles. The van der Waals surface area contributed by atoms with Crippen molar-refractivity contribution in [2.75, 3.05) is 13.6 Å². The van der Waals surface area contributed by atoms with Gasteiger partial charge in [0.05, 0.1) is 0 Å². The van der Waals surface area contributed by atoms with Crippen LogP contribution in [0.15, 0.2) is 24.3 Å². The molecule has 1 aromatic rings. The number of likely N-dealkylation sites (N-methyl/N-ethyl adjacent to an activating group) is 1. The maximum absolute atomic E-state index is 12.8. The van der Waals surface area contributed by atoms with E-state index in [2.05, 4.69) is 10.6 Å². The number of hydrogen-bond donors (Lipinski definition) is 2. The van der Waals surface area contributed by atoms with Crippen molar-refractivity contribution in [3.8, 4) is 0 Å². The molecule has 5 heteroatoms. The Labute approximate surface area is 105 Å².